The van der Waals surface area contributed by atoms with Gasteiger partial charge in [-0.15, -0.1) is 0 Å². The van der Waals surface area contributed by atoms with Crippen molar-refractivity contribution in [3.8, 4) is 0 Å². The zero-order valence-corrected chi connectivity index (χ0v) is 9.19. The maximum atomic E-state index is 5.75. The zero-order chi connectivity index (χ0) is 11.0. The van der Waals surface area contributed by atoms with Crippen molar-refractivity contribution in [1.29, 1.82) is 0 Å². The van der Waals surface area contributed by atoms with Crippen LogP contribution < -0.4 is 11.1 Å². The van der Waals surface area contributed by atoms with Crippen LogP contribution in [0.15, 0.2) is 24.5 Å². The molecule has 0 unspecified atom stereocenters. The molecule has 3 rings (SSSR count). The number of imidazole rings is 1. The molecule has 0 radical (unpaired) electrons. The number of nitrogen functional groups attached to an aromatic ring is 1. The van der Waals surface area contributed by atoms with Gasteiger partial charge in [0.2, 0.25) is 0 Å². The predicted octanol–water partition coefficient (Wildman–Crippen LogP) is 1.38. The number of pyridine rings is 1. The normalized spacial score (nSPS) is 18.0. The van der Waals surface area contributed by atoms with Crippen molar-refractivity contribution >= 4 is 11.3 Å². The Labute approximate surface area is 94.5 Å². The van der Waals surface area contributed by atoms with Gasteiger partial charge in [-0.25, -0.2) is 4.98 Å². The highest BCUT2D eigenvalue weighted by Gasteiger charge is 2.17. The van der Waals surface area contributed by atoms with E-state index in [2.05, 4.69) is 16.5 Å². The quantitative estimate of drug-likeness (QED) is 0.757. The van der Waals surface area contributed by atoms with Gasteiger partial charge in [-0.05, 0) is 38.1 Å². The van der Waals surface area contributed by atoms with E-state index in [0.29, 0.717) is 5.92 Å². The summed E-state index contributed by atoms with van der Waals surface area (Å²) in [6, 6.07) is 3.87. The monoisotopic (exact) mass is 216 g/mol. The smallest absolute Gasteiger partial charge is 0.137 e. The molecule has 2 aromatic rings. The highest BCUT2D eigenvalue weighted by atomic mass is 15.0. The molecule has 4 nitrogen and oxygen atoms in total. The van der Waals surface area contributed by atoms with Crippen molar-refractivity contribution in [3.63, 3.8) is 0 Å². The Morgan fingerprint density at radius 3 is 2.88 bits per heavy atom. The molecule has 0 aromatic carbocycles. The first-order chi connectivity index (χ1) is 7.83. The van der Waals surface area contributed by atoms with Crippen LogP contribution in [0.2, 0.25) is 0 Å². The number of fused-ring (bicyclic) bond motifs is 1. The summed E-state index contributed by atoms with van der Waals surface area (Å²) < 4.78 is 2.02. The highest BCUT2D eigenvalue weighted by Crippen LogP contribution is 2.24. The van der Waals surface area contributed by atoms with E-state index in [4.69, 9.17) is 5.73 Å². The SMILES string of the molecule is Nc1ccc2nc(C3CCNCC3)cn2c1. The number of hydrogen-bond donors (Lipinski definition) is 2. The minimum Gasteiger partial charge on any atom is -0.398 e. The zero-order valence-electron chi connectivity index (χ0n) is 9.19. The number of nitrogens with zero attached hydrogens (tertiary/aromatic N) is 2. The first-order valence-corrected chi connectivity index (χ1v) is 5.78. The number of rotatable bonds is 1. The number of nitrogens with one attached hydrogen (secondary N) is 1. The molecule has 3 N–H and O–H groups in total. The molecule has 1 aliphatic rings. The van der Waals surface area contributed by atoms with E-state index in [0.717, 1.165) is 24.4 Å². The average Bonchev–Trinajstić information content (AvgIpc) is 2.73. The average molecular weight is 216 g/mol. The van der Waals surface area contributed by atoms with E-state index in [1.165, 1.54) is 18.5 Å². The van der Waals surface area contributed by atoms with Gasteiger partial charge in [0.05, 0.1) is 5.69 Å². The Kier molecular flexibility index (Phi) is 2.29. The lowest BCUT2D eigenvalue weighted by atomic mass is 9.95. The van der Waals surface area contributed by atoms with Gasteiger partial charge in [-0.1, -0.05) is 0 Å². The van der Waals surface area contributed by atoms with Gasteiger partial charge in [0.15, 0.2) is 0 Å². The first kappa shape index (κ1) is 9.66. The van der Waals surface area contributed by atoms with Crippen LogP contribution in [-0.4, -0.2) is 22.5 Å². The lowest BCUT2D eigenvalue weighted by Gasteiger charge is -2.20. The van der Waals surface area contributed by atoms with Crippen LogP contribution in [0, 0.1) is 0 Å². The molecule has 1 saturated heterocycles. The second-order valence-corrected chi connectivity index (χ2v) is 4.42. The van der Waals surface area contributed by atoms with Gasteiger partial charge in [-0.2, -0.15) is 0 Å². The molecule has 2 aromatic heterocycles. The lowest BCUT2D eigenvalue weighted by molar-refractivity contribution is 0.454. The van der Waals surface area contributed by atoms with Crippen LogP contribution in [0.4, 0.5) is 5.69 Å². The Morgan fingerprint density at radius 1 is 1.25 bits per heavy atom. The van der Waals surface area contributed by atoms with Gasteiger partial charge in [-0.3, -0.25) is 0 Å². The molecular weight excluding hydrogens is 200 g/mol. The highest BCUT2D eigenvalue weighted by molar-refractivity contribution is 5.48. The Bertz CT molecular complexity index is 497. The van der Waals surface area contributed by atoms with Gasteiger partial charge in [0.25, 0.3) is 0 Å². The van der Waals surface area contributed by atoms with E-state index < -0.39 is 0 Å². The van der Waals surface area contributed by atoms with Crippen molar-refractivity contribution < 1.29 is 0 Å². The molecule has 4 heteroatoms. The summed E-state index contributed by atoms with van der Waals surface area (Å²) in [6.45, 7) is 2.20. The topological polar surface area (TPSA) is 55.3 Å². The molecule has 3 heterocycles. The van der Waals surface area contributed by atoms with Crippen molar-refractivity contribution in [2.75, 3.05) is 18.8 Å². The standard InChI is InChI=1S/C12H16N4/c13-10-1-2-12-15-11(8-16(12)7-10)9-3-5-14-6-4-9/h1-2,7-9,14H,3-6,13H2. The second-order valence-electron chi connectivity index (χ2n) is 4.42. The van der Waals surface area contributed by atoms with E-state index >= 15 is 0 Å². The van der Waals surface area contributed by atoms with Crippen LogP contribution in [0.25, 0.3) is 5.65 Å². The third-order valence-corrected chi connectivity index (χ3v) is 3.25. The van der Waals surface area contributed by atoms with E-state index in [1.54, 1.807) is 0 Å². The van der Waals surface area contributed by atoms with E-state index in [9.17, 15) is 0 Å². The third-order valence-electron chi connectivity index (χ3n) is 3.25. The number of piperidine rings is 1. The molecule has 0 aliphatic carbocycles. The lowest BCUT2D eigenvalue weighted by Crippen LogP contribution is -2.26. The van der Waals surface area contributed by atoms with Crippen LogP contribution in [-0.2, 0) is 0 Å². The van der Waals surface area contributed by atoms with Crippen LogP contribution in [0.3, 0.4) is 0 Å². The molecule has 84 valence electrons. The second kappa shape index (κ2) is 3.79. The molecule has 0 spiro atoms. The van der Waals surface area contributed by atoms with Gasteiger partial charge in [0.1, 0.15) is 5.65 Å². The van der Waals surface area contributed by atoms with Crippen molar-refractivity contribution in [2.45, 2.75) is 18.8 Å². The number of nitrogens with two attached hydrogens (primary N) is 1. The van der Waals surface area contributed by atoms with Crippen LogP contribution in [0.5, 0.6) is 0 Å². The maximum Gasteiger partial charge on any atom is 0.137 e. The fourth-order valence-corrected chi connectivity index (χ4v) is 2.34. The number of aromatic nitrogens is 2. The summed E-state index contributed by atoms with van der Waals surface area (Å²) in [5.41, 5.74) is 8.72. The summed E-state index contributed by atoms with van der Waals surface area (Å²) in [4.78, 5) is 4.66. The summed E-state index contributed by atoms with van der Waals surface area (Å²) >= 11 is 0. The fourth-order valence-electron chi connectivity index (χ4n) is 2.34. The van der Waals surface area contributed by atoms with Crippen molar-refractivity contribution in [3.05, 3.63) is 30.2 Å². The van der Waals surface area contributed by atoms with Gasteiger partial charge in [0, 0.05) is 24.0 Å². The van der Waals surface area contributed by atoms with Gasteiger partial charge < -0.3 is 15.5 Å². The summed E-state index contributed by atoms with van der Waals surface area (Å²) in [5, 5.41) is 3.37. The third kappa shape index (κ3) is 1.65. The van der Waals surface area contributed by atoms with E-state index in [1.807, 2.05) is 22.7 Å². The molecule has 0 amide bonds. The Morgan fingerprint density at radius 2 is 2.06 bits per heavy atom. The van der Waals surface area contributed by atoms with Crippen molar-refractivity contribution in [1.82, 2.24) is 14.7 Å². The van der Waals surface area contributed by atoms with Crippen LogP contribution >= 0.6 is 0 Å². The fraction of sp³-hybridized carbons (Fsp3) is 0.417. The summed E-state index contributed by atoms with van der Waals surface area (Å²) in [6.07, 6.45) is 6.40. The molecule has 1 aliphatic heterocycles. The molecule has 0 bridgehead atoms. The van der Waals surface area contributed by atoms with Crippen molar-refractivity contribution in [2.24, 2.45) is 0 Å². The molecule has 16 heavy (non-hydrogen) atoms. The summed E-state index contributed by atoms with van der Waals surface area (Å²) in [5.74, 6) is 0.599. The minimum absolute atomic E-state index is 0.599. The Balaban J connectivity index is 1.97. The molecular formula is C12H16N4. The molecule has 0 atom stereocenters. The van der Waals surface area contributed by atoms with Crippen LogP contribution in [0.1, 0.15) is 24.5 Å². The minimum atomic E-state index is 0.599. The summed E-state index contributed by atoms with van der Waals surface area (Å²) in [7, 11) is 0. The van der Waals surface area contributed by atoms with E-state index in [-0.39, 0.29) is 0 Å². The van der Waals surface area contributed by atoms with Gasteiger partial charge >= 0.3 is 0 Å². The number of anilines is 1. The molecule has 1 fully saturated rings. The molecule has 0 saturated carbocycles. The first-order valence-electron chi connectivity index (χ1n) is 5.78. The maximum absolute atomic E-state index is 5.75. The largest absolute Gasteiger partial charge is 0.398 e. The number of hydrogen-bond acceptors (Lipinski definition) is 3. The Hall–Kier alpha value is -1.55. The predicted molar refractivity (Wildman–Crippen MR) is 64.4 cm³/mol.